The molecule has 1 unspecified atom stereocenters. The quantitative estimate of drug-likeness (QED) is 0.809. The smallest absolute Gasteiger partial charge is 0.0934 e. The highest BCUT2D eigenvalue weighted by Crippen LogP contribution is 2.27. The zero-order chi connectivity index (χ0) is 14.5. The van der Waals surface area contributed by atoms with Crippen molar-refractivity contribution < 1.29 is 9.84 Å². The van der Waals surface area contributed by atoms with Gasteiger partial charge in [-0.3, -0.25) is 0 Å². The number of aliphatic hydroxyl groups excluding tert-OH is 1. The summed E-state index contributed by atoms with van der Waals surface area (Å²) >= 11 is 0. The van der Waals surface area contributed by atoms with Crippen LogP contribution < -0.4 is 0 Å². The largest absolute Gasteiger partial charge is 0.390 e. The van der Waals surface area contributed by atoms with E-state index in [1.807, 2.05) is 0 Å². The molecule has 0 radical (unpaired) electrons. The van der Waals surface area contributed by atoms with Crippen molar-refractivity contribution in [1.82, 2.24) is 0 Å². The van der Waals surface area contributed by atoms with Crippen molar-refractivity contribution in [2.24, 2.45) is 0 Å². The van der Waals surface area contributed by atoms with Crippen molar-refractivity contribution in [2.75, 3.05) is 7.11 Å². The first kappa shape index (κ1) is 16.2. The van der Waals surface area contributed by atoms with Crippen LogP contribution in [0.1, 0.15) is 57.6 Å². The molecule has 0 aliphatic carbocycles. The van der Waals surface area contributed by atoms with E-state index in [4.69, 9.17) is 4.74 Å². The number of ether oxygens (including phenoxy) is 1. The molecular formula is C17H28O2. The third kappa shape index (κ3) is 3.80. The van der Waals surface area contributed by atoms with Crippen molar-refractivity contribution in [3.63, 3.8) is 0 Å². The third-order valence-electron chi connectivity index (χ3n) is 4.29. The second-order valence-electron chi connectivity index (χ2n) is 5.59. The Bertz CT molecular complexity index is 355. The zero-order valence-corrected chi connectivity index (χ0v) is 12.9. The minimum absolute atomic E-state index is 0.420. The molecule has 0 saturated carbocycles. The van der Waals surface area contributed by atoms with E-state index in [2.05, 4.69) is 52.0 Å². The maximum atomic E-state index is 10.5. The summed E-state index contributed by atoms with van der Waals surface area (Å²) in [4.78, 5) is 0. The molecule has 1 aromatic carbocycles. The Hall–Kier alpha value is -0.860. The molecule has 0 amide bonds. The molecular weight excluding hydrogens is 236 g/mol. The van der Waals surface area contributed by atoms with Crippen LogP contribution in [0.2, 0.25) is 0 Å². The second kappa shape index (κ2) is 7.06. The molecule has 0 spiro atoms. The Morgan fingerprint density at radius 3 is 2.00 bits per heavy atom. The van der Waals surface area contributed by atoms with E-state index in [1.54, 1.807) is 7.11 Å². The first-order valence-electron chi connectivity index (χ1n) is 7.31. The Morgan fingerprint density at radius 2 is 1.63 bits per heavy atom. The van der Waals surface area contributed by atoms with Crippen molar-refractivity contribution in [3.05, 3.63) is 35.4 Å². The molecule has 0 fully saturated rings. The normalized spacial score (nSPS) is 13.8. The van der Waals surface area contributed by atoms with Crippen LogP contribution >= 0.6 is 0 Å². The van der Waals surface area contributed by atoms with E-state index in [0.29, 0.717) is 12.3 Å². The lowest BCUT2D eigenvalue weighted by Crippen LogP contribution is -2.44. The lowest BCUT2D eigenvalue weighted by atomic mass is 9.86. The lowest BCUT2D eigenvalue weighted by Gasteiger charge is -2.35. The van der Waals surface area contributed by atoms with Gasteiger partial charge in [-0.2, -0.15) is 0 Å². The molecule has 0 aliphatic rings. The van der Waals surface area contributed by atoms with Crippen molar-refractivity contribution in [2.45, 2.75) is 64.6 Å². The Labute approximate surface area is 117 Å². The van der Waals surface area contributed by atoms with Gasteiger partial charge in [0.25, 0.3) is 0 Å². The highest BCUT2D eigenvalue weighted by atomic mass is 16.5. The van der Waals surface area contributed by atoms with E-state index < -0.39 is 11.7 Å². The monoisotopic (exact) mass is 264 g/mol. The zero-order valence-electron chi connectivity index (χ0n) is 12.9. The van der Waals surface area contributed by atoms with Gasteiger partial charge in [0.2, 0.25) is 0 Å². The number of aliphatic hydroxyl groups is 1. The Kier molecular flexibility index (Phi) is 6.02. The number of benzene rings is 1. The molecule has 2 heteroatoms. The van der Waals surface area contributed by atoms with E-state index in [1.165, 1.54) is 11.1 Å². The van der Waals surface area contributed by atoms with Crippen LogP contribution in [0, 0.1) is 0 Å². The van der Waals surface area contributed by atoms with Crippen LogP contribution in [0.3, 0.4) is 0 Å². The van der Waals surface area contributed by atoms with Gasteiger partial charge in [0, 0.05) is 13.5 Å². The molecule has 1 atom stereocenters. The highest BCUT2D eigenvalue weighted by Gasteiger charge is 2.34. The van der Waals surface area contributed by atoms with E-state index in [-0.39, 0.29) is 0 Å². The average molecular weight is 264 g/mol. The molecule has 1 rings (SSSR count). The van der Waals surface area contributed by atoms with Crippen LogP contribution in [0.4, 0.5) is 0 Å². The maximum Gasteiger partial charge on any atom is 0.0934 e. The minimum Gasteiger partial charge on any atom is -0.390 e. The highest BCUT2D eigenvalue weighted by molar-refractivity contribution is 5.25. The van der Waals surface area contributed by atoms with Gasteiger partial charge in [-0.25, -0.2) is 0 Å². The molecule has 0 bridgehead atoms. The fourth-order valence-corrected chi connectivity index (χ4v) is 2.59. The summed E-state index contributed by atoms with van der Waals surface area (Å²) in [6.45, 7) is 8.51. The van der Waals surface area contributed by atoms with Crippen LogP contribution in [-0.2, 0) is 11.2 Å². The molecule has 0 saturated heterocycles. The molecule has 1 N–H and O–H groups in total. The topological polar surface area (TPSA) is 29.5 Å². The van der Waals surface area contributed by atoms with Gasteiger partial charge in [0.05, 0.1) is 11.7 Å². The third-order valence-corrected chi connectivity index (χ3v) is 4.29. The summed E-state index contributed by atoms with van der Waals surface area (Å²) in [6, 6.07) is 8.53. The molecule has 0 heterocycles. The fourth-order valence-electron chi connectivity index (χ4n) is 2.59. The summed E-state index contributed by atoms with van der Waals surface area (Å²) in [6.07, 6.45) is 1.84. The molecule has 2 nitrogen and oxygen atoms in total. The van der Waals surface area contributed by atoms with Gasteiger partial charge in [0.1, 0.15) is 0 Å². The van der Waals surface area contributed by atoms with Crippen LogP contribution in [0.15, 0.2) is 24.3 Å². The van der Waals surface area contributed by atoms with Gasteiger partial charge in [-0.15, -0.1) is 0 Å². The first-order chi connectivity index (χ1) is 8.99. The number of methoxy groups -OCH3 is 1. The van der Waals surface area contributed by atoms with Crippen molar-refractivity contribution in [3.8, 4) is 0 Å². The number of hydrogen-bond acceptors (Lipinski definition) is 2. The minimum atomic E-state index is -0.461. The lowest BCUT2D eigenvalue weighted by molar-refractivity contribution is -0.106. The average Bonchev–Trinajstić information content (AvgIpc) is 2.42. The van der Waals surface area contributed by atoms with E-state index in [9.17, 15) is 5.11 Å². The first-order valence-corrected chi connectivity index (χ1v) is 7.31. The van der Waals surface area contributed by atoms with Crippen LogP contribution in [0.25, 0.3) is 0 Å². The summed E-state index contributed by atoms with van der Waals surface area (Å²) in [5.41, 5.74) is 2.08. The second-order valence-corrected chi connectivity index (χ2v) is 5.59. The molecule has 1 aromatic rings. The summed E-state index contributed by atoms with van der Waals surface area (Å²) < 4.78 is 5.58. The van der Waals surface area contributed by atoms with E-state index >= 15 is 0 Å². The van der Waals surface area contributed by atoms with E-state index in [0.717, 1.165) is 12.8 Å². The van der Waals surface area contributed by atoms with Crippen molar-refractivity contribution >= 4 is 0 Å². The van der Waals surface area contributed by atoms with Crippen LogP contribution in [-0.4, -0.2) is 23.9 Å². The fraction of sp³-hybridized carbons (Fsp3) is 0.647. The van der Waals surface area contributed by atoms with Gasteiger partial charge >= 0.3 is 0 Å². The maximum absolute atomic E-state index is 10.5. The summed E-state index contributed by atoms with van der Waals surface area (Å²) in [7, 11) is 1.69. The SMILES string of the molecule is CCC(CC)(OC)C(O)Cc1ccc(C(C)C)cc1. The number of rotatable bonds is 7. The molecule has 19 heavy (non-hydrogen) atoms. The van der Waals surface area contributed by atoms with Crippen molar-refractivity contribution in [1.29, 1.82) is 0 Å². The van der Waals surface area contributed by atoms with Crippen LogP contribution in [0.5, 0.6) is 0 Å². The van der Waals surface area contributed by atoms with Gasteiger partial charge in [0.15, 0.2) is 0 Å². The molecule has 108 valence electrons. The summed E-state index contributed by atoms with van der Waals surface area (Å²) in [5, 5.41) is 10.5. The summed E-state index contributed by atoms with van der Waals surface area (Å²) in [5.74, 6) is 0.545. The van der Waals surface area contributed by atoms with Gasteiger partial charge in [-0.05, 0) is 29.9 Å². The molecule has 0 aromatic heterocycles. The van der Waals surface area contributed by atoms with Gasteiger partial charge in [-0.1, -0.05) is 52.0 Å². The van der Waals surface area contributed by atoms with Gasteiger partial charge < -0.3 is 9.84 Å². The molecule has 0 aliphatic heterocycles. The predicted octanol–water partition coefficient (Wildman–Crippen LogP) is 3.92. The predicted molar refractivity (Wildman–Crippen MR) is 80.6 cm³/mol. The standard InChI is InChI=1S/C17H28O2/c1-6-17(7-2,19-5)16(18)12-14-8-10-15(11-9-14)13(3)4/h8-11,13,16,18H,6-7,12H2,1-5H3. The number of hydrogen-bond donors (Lipinski definition) is 1. The Balaban J connectivity index is 2.78. The Morgan fingerprint density at radius 1 is 1.11 bits per heavy atom.